The molecule has 2 aliphatic rings. The summed E-state index contributed by atoms with van der Waals surface area (Å²) in [7, 11) is 0. The van der Waals surface area contributed by atoms with Crippen molar-refractivity contribution in [3.63, 3.8) is 0 Å². The smallest absolute Gasteiger partial charge is 0.254 e. The van der Waals surface area contributed by atoms with Gasteiger partial charge in [-0.25, -0.2) is 0 Å². The van der Waals surface area contributed by atoms with E-state index in [4.69, 9.17) is 0 Å². The Kier molecular flexibility index (Phi) is 4.23. The number of aliphatic hydroxyl groups is 1. The lowest BCUT2D eigenvalue weighted by Crippen LogP contribution is -2.55. The summed E-state index contributed by atoms with van der Waals surface area (Å²) in [4.78, 5) is 26.3. The zero-order valence-electron chi connectivity index (χ0n) is 13.3. The van der Waals surface area contributed by atoms with Crippen LogP contribution in [0.3, 0.4) is 0 Å². The van der Waals surface area contributed by atoms with Crippen LogP contribution in [-0.4, -0.2) is 46.6 Å². The van der Waals surface area contributed by atoms with Crippen LogP contribution in [0.25, 0.3) is 0 Å². The second kappa shape index (κ2) is 5.91. The first kappa shape index (κ1) is 16.5. The molecule has 1 aliphatic heterocycles. The van der Waals surface area contributed by atoms with Crippen molar-refractivity contribution < 1.29 is 14.7 Å². The lowest BCUT2D eigenvalue weighted by Gasteiger charge is -2.41. The Morgan fingerprint density at radius 1 is 1.48 bits per heavy atom. The maximum Gasteiger partial charge on any atom is 0.254 e. The number of halogens is 1. The number of rotatable bonds is 3. The van der Waals surface area contributed by atoms with Gasteiger partial charge in [-0.15, -0.1) is 0 Å². The van der Waals surface area contributed by atoms with E-state index in [1.165, 1.54) is 0 Å². The molecule has 6 heteroatoms. The molecule has 1 aromatic carbocycles. The van der Waals surface area contributed by atoms with Gasteiger partial charge < -0.3 is 15.3 Å². The summed E-state index contributed by atoms with van der Waals surface area (Å²) < 4.78 is 0.958. The lowest BCUT2D eigenvalue weighted by atomic mass is 9.77. The predicted octanol–water partition coefficient (Wildman–Crippen LogP) is 2.04. The summed E-state index contributed by atoms with van der Waals surface area (Å²) in [6.45, 7) is 4.43. The van der Waals surface area contributed by atoms with Crippen LogP contribution in [-0.2, 0) is 4.79 Å². The summed E-state index contributed by atoms with van der Waals surface area (Å²) in [6, 6.07) is 5.65. The minimum atomic E-state index is -0.667. The fourth-order valence-corrected chi connectivity index (χ4v) is 3.88. The molecule has 0 saturated heterocycles. The molecule has 0 unspecified atom stereocenters. The molecule has 1 fully saturated rings. The Morgan fingerprint density at radius 2 is 2.17 bits per heavy atom. The van der Waals surface area contributed by atoms with Gasteiger partial charge in [0.25, 0.3) is 5.91 Å². The first-order valence-electron chi connectivity index (χ1n) is 7.86. The first-order chi connectivity index (χ1) is 10.7. The van der Waals surface area contributed by atoms with E-state index >= 15 is 0 Å². The lowest BCUT2D eigenvalue weighted by molar-refractivity contribution is -0.125. The number of benzene rings is 1. The largest absolute Gasteiger partial charge is 0.390 e. The average Bonchev–Trinajstić information content (AvgIpc) is 2.42. The van der Waals surface area contributed by atoms with Crippen molar-refractivity contribution >= 4 is 27.7 Å². The maximum atomic E-state index is 12.6. The quantitative estimate of drug-likeness (QED) is 0.842. The van der Waals surface area contributed by atoms with Gasteiger partial charge in [0.2, 0.25) is 5.91 Å². The molecule has 3 rings (SSSR count). The van der Waals surface area contributed by atoms with Crippen molar-refractivity contribution in [2.75, 3.05) is 13.1 Å². The van der Waals surface area contributed by atoms with Crippen LogP contribution in [0.1, 0.15) is 48.5 Å². The first-order valence-corrected chi connectivity index (χ1v) is 8.65. The number of carbonyl (C=O) groups excluding carboxylic acids is 2. The van der Waals surface area contributed by atoms with Crippen molar-refractivity contribution in [2.45, 2.75) is 44.2 Å². The van der Waals surface area contributed by atoms with Crippen LogP contribution in [0.4, 0.5) is 0 Å². The highest BCUT2D eigenvalue weighted by atomic mass is 79.9. The highest BCUT2D eigenvalue weighted by molar-refractivity contribution is 9.10. The molecule has 2 amide bonds. The van der Waals surface area contributed by atoms with Crippen molar-refractivity contribution in [3.05, 3.63) is 33.8 Å². The highest BCUT2D eigenvalue weighted by Gasteiger charge is 2.39. The molecule has 5 nitrogen and oxygen atoms in total. The standard InChI is InChI=1S/C17H21BrN2O3/c1-10-8-20(9-15(21)19-12-6-17(2,23)7-12)16(22)13-4-3-11(18)5-14(10)13/h3-5,10,12,23H,6-9H2,1-2H3,(H,19,21)/t10-,12?,17?/m1/s1. The Bertz CT molecular complexity index is 651. The predicted molar refractivity (Wildman–Crippen MR) is 90.2 cm³/mol. The van der Waals surface area contributed by atoms with Crippen molar-refractivity contribution in [3.8, 4) is 0 Å². The van der Waals surface area contributed by atoms with E-state index in [1.54, 1.807) is 11.8 Å². The van der Waals surface area contributed by atoms with E-state index in [9.17, 15) is 14.7 Å². The number of nitrogens with zero attached hydrogens (tertiary/aromatic N) is 1. The van der Waals surface area contributed by atoms with E-state index in [-0.39, 0.29) is 30.3 Å². The third kappa shape index (κ3) is 3.43. The van der Waals surface area contributed by atoms with Gasteiger partial charge in [-0.05, 0) is 49.4 Å². The monoisotopic (exact) mass is 380 g/mol. The summed E-state index contributed by atoms with van der Waals surface area (Å²) in [6.07, 6.45) is 1.14. The molecular weight excluding hydrogens is 360 g/mol. The third-order valence-electron chi connectivity index (χ3n) is 4.63. The van der Waals surface area contributed by atoms with Gasteiger partial charge in [-0.1, -0.05) is 22.9 Å². The van der Waals surface area contributed by atoms with Crippen LogP contribution in [0.15, 0.2) is 22.7 Å². The third-order valence-corrected chi connectivity index (χ3v) is 5.12. The Morgan fingerprint density at radius 3 is 2.83 bits per heavy atom. The zero-order valence-corrected chi connectivity index (χ0v) is 14.9. The fourth-order valence-electron chi connectivity index (χ4n) is 3.51. The molecule has 0 aromatic heterocycles. The zero-order chi connectivity index (χ0) is 16.8. The number of amides is 2. The van der Waals surface area contributed by atoms with E-state index < -0.39 is 5.60 Å². The molecule has 23 heavy (non-hydrogen) atoms. The van der Waals surface area contributed by atoms with Gasteiger partial charge >= 0.3 is 0 Å². The molecule has 124 valence electrons. The molecule has 1 heterocycles. The normalized spacial score (nSPS) is 29.7. The summed E-state index contributed by atoms with van der Waals surface area (Å²) in [5.41, 5.74) is 1.03. The minimum absolute atomic E-state index is 0.0121. The molecule has 1 saturated carbocycles. The second-order valence-corrected chi connectivity index (χ2v) is 7.90. The molecular formula is C17H21BrN2O3. The van der Waals surface area contributed by atoms with Gasteiger partial charge in [0.05, 0.1) is 12.1 Å². The van der Waals surface area contributed by atoms with Crippen LogP contribution in [0.5, 0.6) is 0 Å². The molecule has 0 spiro atoms. The number of hydrogen-bond acceptors (Lipinski definition) is 3. The molecule has 1 aliphatic carbocycles. The molecule has 1 aromatic rings. The number of fused-ring (bicyclic) bond motifs is 1. The van der Waals surface area contributed by atoms with E-state index in [2.05, 4.69) is 28.2 Å². The topological polar surface area (TPSA) is 69.6 Å². The van der Waals surface area contributed by atoms with E-state index in [1.807, 2.05) is 18.2 Å². The van der Waals surface area contributed by atoms with Gasteiger partial charge in [0.1, 0.15) is 0 Å². The highest BCUT2D eigenvalue weighted by Crippen LogP contribution is 2.32. The summed E-state index contributed by atoms with van der Waals surface area (Å²) in [5.74, 6) is -0.0644. The van der Waals surface area contributed by atoms with Crippen LogP contribution >= 0.6 is 15.9 Å². The summed E-state index contributed by atoms with van der Waals surface area (Å²) >= 11 is 3.43. The molecule has 0 bridgehead atoms. The maximum absolute atomic E-state index is 12.6. The van der Waals surface area contributed by atoms with Gasteiger partial charge in [-0.2, -0.15) is 0 Å². The van der Waals surface area contributed by atoms with Crippen LogP contribution in [0.2, 0.25) is 0 Å². The Balaban J connectivity index is 1.64. The Hall–Kier alpha value is -1.40. The summed E-state index contributed by atoms with van der Waals surface area (Å²) in [5, 5.41) is 12.6. The number of nitrogens with one attached hydrogen (secondary N) is 1. The second-order valence-electron chi connectivity index (χ2n) is 6.99. The Labute approximate surface area is 144 Å². The molecule has 1 atom stereocenters. The minimum Gasteiger partial charge on any atom is -0.390 e. The fraction of sp³-hybridized carbons (Fsp3) is 0.529. The SMILES string of the molecule is C[C@@H]1CN(CC(=O)NC2CC(C)(O)C2)C(=O)c2ccc(Br)cc21. The average molecular weight is 381 g/mol. The molecule has 0 radical (unpaired) electrons. The van der Waals surface area contributed by atoms with Crippen molar-refractivity contribution in [2.24, 2.45) is 0 Å². The number of carbonyl (C=O) groups is 2. The van der Waals surface area contributed by atoms with Crippen LogP contribution in [0, 0.1) is 0 Å². The van der Waals surface area contributed by atoms with Gasteiger partial charge in [-0.3, -0.25) is 9.59 Å². The number of hydrogen-bond donors (Lipinski definition) is 2. The van der Waals surface area contributed by atoms with Crippen molar-refractivity contribution in [1.29, 1.82) is 0 Å². The van der Waals surface area contributed by atoms with E-state index in [0.717, 1.165) is 10.0 Å². The van der Waals surface area contributed by atoms with Gasteiger partial charge in [0.15, 0.2) is 0 Å². The van der Waals surface area contributed by atoms with Gasteiger partial charge in [0, 0.05) is 22.6 Å². The van der Waals surface area contributed by atoms with E-state index in [0.29, 0.717) is 24.9 Å². The van der Waals surface area contributed by atoms with Crippen molar-refractivity contribution in [1.82, 2.24) is 10.2 Å². The molecule has 2 N–H and O–H groups in total. The van der Waals surface area contributed by atoms with Crippen LogP contribution < -0.4 is 5.32 Å².